The summed E-state index contributed by atoms with van der Waals surface area (Å²) in [5.41, 5.74) is 1.90. The van der Waals surface area contributed by atoms with Gasteiger partial charge in [0, 0.05) is 42.3 Å². The van der Waals surface area contributed by atoms with Gasteiger partial charge in [0.2, 0.25) is 5.91 Å². The van der Waals surface area contributed by atoms with E-state index in [9.17, 15) is 9.59 Å². The molecule has 7 nitrogen and oxygen atoms in total. The summed E-state index contributed by atoms with van der Waals surface area (Å²) >= 11 is 7.57. The van der Waals surface area contributed by atoms with E-state index in [1.54, 1.807) is 29.0 Å². The first-order valence-electron chi connectivity index (χ1n) is 9.34. The standard InChI is InChI=1S/C21H19ClN4O3S/c1-25-12-10-23-20(25)30-18-9-8-14(22)13-15(18)24-19(27)7-4-11-26-16-5-2-3-6-17(16)29-21(26)28/h2-3,5-6,8-10,12-13H,4,7,11H2,1H3,(H,24,27). The number of nitrogens with zero attached hydrogens (tertiary/aromatic N) is 3. The Kier molecular flexibility index (Phi) is 5.96. The van der Waals surface area contributed by atoms with Gasteiger partial charge in [-0.1, -0.05) is 23.7 Å². The van der Waals surface area contributed by atoms with Crippen LogP contribution in [0.3, 0.4) is 0 Å². The number of anilines is 1. The summed E-state index contributed by atoms with van der Waals surface area (Å²) in [6, 6.07) is 12.6. The number of aromatic nitrogens is 3. The molecular formula is C21H19ClN4O3S. The molecular weight excluding hydrogens is 424 g/mol. The minimum Gasteiger partial charge on any atom is -0.408 e. The van der Waals surface area contributed by atoms with Crippen molar-refractivity contribution < 1.29 is 9.21 Å². The van der Waals surface area contributed by atoms with Crippen molar-refractivity contribution in [3.05, 3.63) is 70.4 Å². The topological polar surface area (TPSA) is 82.1 Å². The molecule has 0 aliphatic heterocycles. The Morgan fingerprint density at radius 2 is 2.10 bits per heavy atom. The Hall–Kier alpha value is -2.97. The predicted octanol–water partition coefficient (Wildman–Crippen LogP) is 4.55. The fraction of sp³-hybridized carbons (Fsp3) is 0.190. The Morgan fingerprint density at radius 3 is 2.90 bits per heavy atom. The lowest BCUT2D eigenvalue weighted by atomic mass is 10.2. The van der Waals surface area contributed by atoms with Gasteiger partial charge in [-0.25, -0.2) is 9.78 Å². The molecule has 2 aromatic heterocycles. The molecule has 154 valence electrons. The van der Waals surface area contributed by atoms with Crippen LogP contribution in [0.4, 0.5) is 5.69 Å². The molecule has 2 heterocycles. The number of amides is 1. The van der Waals surface area contributed by atoms with Gasteiger partial charge in [0.05, 0.1) is 11.2 Å². The molecule has 0 aliphatic rings. The Bertz CT molecular complexity index is 1260. The van der Waals surface area contributed by atoms with E-state index in [0.717, 1.165) is 15.6 Å². The van der Waals surface area contributed by atoms with E-state index in [0.29, 0.717) is 29.3 Å². The van der Waals surface area contributed by atoms with Gasteiger partial charge in [-0.05, 0) is 48.5 Å². The molecule has 0 atom stereocenters. The maximum atomic E-state index is 12.5. The van der Waals surface area contributed by atoms with Crippen LogP contribution < -0.4 is 11.1 Å². The zero-order valence-electron chi connectivity index (χ0n) is 16.2. The normalized spacial score (nSPS) is 11.1. The average molecular weight is 443 g/mol. The number of nitrogens with one attached hydrogen (secondary N) is 1. The number of benzene rings is 2. The number of para-hydroxylation sites is 2. The van der Waals surface area contributed by atoms with Crippen molar-refractivity contribution in [1.29, 1.82) is 0 Å². The van der Waals surface area contributed by atoms with Gasteiger partial charge in [-0.3, -0.25) is 9.36 Å². The highest BCUT2D eigenvalue weighted by Gasteiger charge is 2.13. The van der Waals surface area contributed by atoms with Gasteiger partial charge in [0.1, 0.15) is 0 Å². The number of carbonyl (C=O) groups is 1. The third-order valence-corrected chi connectivity index (χ3v) is 5.94. The number of hydrogen-bond donors (Lipinski definition) is 1. The van der Waals surface area contributed by atoms with Gasteiger partial charge in [0.15, 0.2) is 10.7 Å². The average Bonchev–Trinajstić information content (AvgIpc) is 3.26. The van der Waals surface area contributed by atoms with Crippen molar-refractivity contribution >= 4 is 46.1 Å². The molecule has 0 radical (unpaired) electrons. The third kappa shape index (κ3) is 4.44. The molecule has 0 unspecified atom stereocenters. The molecule has 0 saturated carbocycles. The van der Waals surface area contributed by atoms with Crippen LogP contribution in [0.2, 0.25) is 5.02 Å². The summed E-state index contributed by atoms with van der Waals surface area (Å²) in [5, 5.41) is 4.26. The maximum absolute atomic E-state index is 12.5. The lowest BCUT2D eigenvalue weighted by molar-refractivity contribution is -0.116. The minimum atomic E-state index is -0.416. The van der Waals surface area contributed by atoms with Crippen molar-refractivity contribution in [1.82, 2.24) is 14.1 Å². The van der Waals surface area contributed by atoms with Crippen LogP contribution >= 0.6 is 23.4 Å². The number of imidazole rings is 1. The number of halogens is 1. The minimum absolute atomic E-state index is 0.153. The SMILES string of the molecule is Cn1ccnc1Sc1ccc(Cl)cc1NC(=O)CCCn1c(=O)oc2ccccc21. The number of fused-ring (bicyclic) bond motifs is 1. The van der Waals surface area contributed by atoms with Crippen molar-refractivity contribution in [2.75, 3.05) is 5.32 Å². The monoisotopic (exact) mass is 442 g/mol. The van der Waals surface area contributed by atoms with E-state index in [2.05, 4.69) is 10.3 Å². The van der Waals surface area contributed by atoms with Gasteiger partial charge >= 0.3 is 5.76 Å². The molecule has 0 bridgehead atoms. The van der Waals surface area contributed by atoms with Gasteiger partial charge in [0.25, 0.3) is 0 Å². The van der Waals surface area contributed by atoms with Crippen LogP contribution in [-0.2, 0) is 18.4 Å². The molecule has 1 N–H and O–H groups in total. The molecule has 0 saturated heterocycles. The summed E-state index contributed by atoms with van der Waals surface area (Å²) in [7, 11) is 1.91. The second-order valence-corrected chi connectivity index (χ2v) is 8.15. The van der Waals surface area contributed by atoms with Gasteiger partial charge in [-0.15, -0.1) is 0 Å². The third-order valence-electron chi connectivity index (χ3n) is 4.55. The Morgan fingerprint density at radius 1 is 1.27 bits per heavy atom. The highest BCUT2D eigenvalue weighted by atomic mass is 35.5. The summed E-state index contributed by atoms with van der Waals surface area (Å²) in [5.74, 6) is -0.569. The number of hydrogen-bond acceptors (Lipinski definition) is 5. The second-order valence-electron chi connectivity index (χ2n) is 6.70. The fourth-order valence-corrected chi connectivity index (χ4v) is 4.12. The molecule has 0 fully saturated rings. The molecule has 4 rings (SSSR count). The fourth-order valence-electron chi connectivity index (χ4n) is 3.07. The lowest BCUT2D eigenvalue weighted by Gasteiger charge is -2.11. The van der Waals surface area contributed by atoms with E-state index in [-0.39, 0.29) is 12.3 Å². The maximum Gasteiger partial charge on any atom is 0.419 e. The summed E-state index contributed by atoms with van der Waals surface area (Å²) in [6.07, 6.45) is 4.33. The number of oxazole rings is 1. The van der Waals surface area contributed by atoms with Crippen LogP contribution in [0.25, 0.3) is 11.1 Å². The first-order valence-corrected chi connectivity index (χ1v) is 10.5. The number of carbonyl (C=O) groups excluding carboxylic acids is 1. The Labute approximate surface area is 181 Å². The molecule has 1 amide bonds. The van der Waals surface area contributed by atoms with Gasteiger partial charge in [-0.2, -0.15) is 0 Å². The zero-order chi connectivity index (χ0) is 21.1. The molecule has 2 aromatic carbocycles. The smallest absolute Gasteiger partial charge is 0.408 e. The largest absolute Gasteiger partial charge is 0.419 e. The zero-order valence-corrected chi connectivity index (χ0v) is 17.7. The van der Waals surface area contributed by atoms with Crippen LogP contribution in [0.5, 0.6) is 0 Å². The molecule has 30 heavy (non-hydrogen) atoms. The van der Waals surface area contributed by atoms with Crippen molar-refractivity contribution in [3.63, 3.8) is 0 Å². The van der Waals surface area contributed by atoms with Crippen molar-refractivity contribution in [2.45, 2.75) is 29.4 Å². The molecule has 4 aromatic rings. The highest BCUT2D eigenvalue weighted by molar-refractivity contribution is 7.99. The lowest BCUT2D eigenvalue weighted by Crippen LogP contribution is -2.17. The molecule has 0 aliphatic carbocycles. The van der Waals surface area contributed by atoms with Crippen LogP contribution in [0.1, 0.15) is 12.8 Å². The summed E-state index contributed by atoms with van der Waals surface area (Å²) in [6.45, 7) is 0.397. The van der Waals surface area contributed by atoms with E-state index < -0.39 is 5.76 Å². The first kappa shape index (κ1) is 20.3. The van der Waals surface area contributed by atoms with Crippen LogP contribution in [0, 0.1) is 0 Å². The van der Waals surface area contributed by atoms with E-state index in [4.69, 9.17) is 16.0 Å². The highest BCUT2D eigenvalue weighted by Crippen LogP contribution is 2.34. The number of rotatable bonds is 7. The summed E-state index contributed by atoms with van der Waals surface area (Å²) in [4.78, 5) is 29.7. The summed E-state index contributed by atoms with van der Waals surface area (Å²) < 4.78 is 8.67. The van der Waals surface area contributed by atoms with Crippen LogP contribution in [-0.4, -0.2) is 20.0 Å². The Balaban J connectivity index is 1.41. The molecule has 9 heteroatoms. The van der Waals surface area contributed by atoms with E-state index in [1.165, 1.54) is 11.8 Å². The van der Waals surface area contributed by atoms with E-state index >= 15 is 0 Å². The van der Waals surface area contributed by atoms with Crippen LogP contribution in [0.15, 0.2) is 74.1 Å². The predicted molar refractivity (Wildman–Crippen MR) is 117 cm³/mol. The number of aryl methyl sites for hydroxylation is 2. The quantitative estimate of drug-likeness (QED) is 0.454. The molecule has 0 spiro atoms. The van der Waals surface area contributed by atoms with Crippen molar-refractivity contribution in [3.8, 4) is 0 Å². The first-order chi connectivity index (χ1) is 14.5. The van der Waals surface area contributed by atoms with E-state index in [1.807, 2.05) is 42.1 Å². The second kappa shape index (κ2) is 8.81. The van der Waals surface area contributed by atoms with Gasteiger partial charge < -0.3 is 14.3 Å². The van der Waals surface area contributed by atoms with Crippen molar-refractivity contribution in [2.24, 2.45) is 7.05 Å².